The van der Waals surface area contributed by atoms with E-state index in [1.165, 1.54) is 0 Å². The van der Waals surface area contributed by atoms with Crippen molar-refractivity contribution in [1.82, 2.24) is 0 Å². The van der Waals surface area contributed by atoms with Crippen molar-refractivity contribution in [2.24, 2.45) is 11.5 Å². The molecule has 0 aromatic carbocycles. The van der Waals surface area contributed by atoms with E-state index in [1.807, 2.05) is 0 Å². The molecule has 0 amide bonds. The first-order valence-corrected chi connectivity index (χ1v) is 3.27. The van der Waals surface area contributed by atoms with Gasteiger partial charge in [0.1, 0.15) is 0 Å². The smallest absolute Gasteiger partial charge is 0.343 e. The lowest BCUT2D eigenvalue weighted by atomic mass is 10.3. The molecule has 0 heterocycles. The Kier molecular flexibility index (Phi) is 3.63. The molecule has 0 spiro atoms. The maximum atomic E-state index is 10.7. The van der Waals surface area contributed by atoms with Gasteiger partial charge in [-0.15, -0.1) is 0 Å². The van der Waals surface area contributed by atoms with Crippen molar-refractivity contribution in [3.8, 4) is 0 Å². The van der Waals surface area contributed by atoms with Crippen molar-refractivity contribution in [3.63, 3.8) is 0 Å². The van der Waals surface area contributed by atoms with Crippen LogP contribution in [0.3, 0.4) is 0 Å². The predicted molar refractivity (Wildman–Crippen MR) is 38.5 cm³/mol. The van der Waals surface area contributed by atoms with Gasteiger partial charge in [0.15, 0.2) is 0 Å². The number of carbonyl (C=O) groups excluding carboxylic acids is 1. The van der Waals surface area contributed by atoms with E-state index in [4.69, 9.17) is 23.1 Å². The average Bonchev–Trinajstić information content (AvgIpc) is 1.89. The van der Waals surface area contributed by atoms with Crippen molar-refractivity contribution in [2.45, 2.75) is 11.9 Å². The molecule has 0 aromatic rings. The van der Waals surface area contributed by atoms with Crippen LogP contribution in [0.1, 0.15) is 6.92 Å². The number of nitrogens with two attached hydrogens (primary N) is 2. The molecule has 0 radical (unpaired) electrons. The van der Waals surface area contributed by atoms with Gasteiger partial charge >= 0.3 is 5.97 Å². The second kappa shape index (κ2) is 3.75. The van der Waals surface area contributed by atoms with Crippen molar-refractivity contribution < 1.29 is 9.53 Å². The molecule has 5 heteroatoms. The van der Waals surface area contributed by atoms with E-state index in [9.17, 15) is 4.79 Å². The second-order valence-corrected chi connectivity index (χ2v) is 2.46. The number of hydrogen-bond acceptors (Lipinski definition) is 4. The van der Waals surface area contributed by atoms with Gasteiger partial charge in [-0.2, -0.15) is 0 Å². The summed E-state index contributed by atoms with van der Waals surface area (Å²) in [5.74, 6) is -0.681. The number of ether oxygens (including phenoxy) is 1. The Morgan fingerprint density at radius 3 is 2.60 bits per heavy atom. The lowest BCUT2D eigenvalue weighted by Crippen LogP contribution is -2.49. The first-order valence-electron chi connectivity index (χ1n) is 2.89. The van der Waals surface area contributed by atoms with Crippen molar-refractivity contribution in [3.05, 3.63) is 0 Å². The van der Waals surface area contributed by atoms with Crippen molar-refractivity contribution >= 4 is 17.6 Å². The highest BCUT2D eigenvalue weighted by atomic mass is 35.5. The Morgan fingerprint density at radius 1 is 1.80 bits per heavy atom. The molecule has 0 bridgehead atoms. The minimum absolute atomic E-state index is 0.132. The maximum Gasteiger partial charge on any atom is 0.343 e. The number of halogens is 1. The zero-order valence-corrected chi connectivity index (χ0v) is 6.52. The predicted octanol–water partition coefficient (Wildman–Crippen LogP) is -0.598. The quantitative estimate of drug-likeness (QED) is 0.334. The summed E-state index contributed by atoms with van der Waals surface area (Å²) in [4.78, 5) is 9.18. The summed E-state index contributed by atoms with van der Waals surface area (Å²) in [6.45, 7) is 1.79. The number of esters is 1. The summed E-state index contributed by atoms with van der Waals surface area (Å²) in [6, 6.07) is 0. The Morgan fingerprint density at radius 2 is 2.30 bits per heavy atom. The van der Waals surface area contributed by atoms with Crippen LogP contribution in [0.2, 0.25) is 0 Å². The van der Waals surface area contributed by atoms with Crippen molar-refractivity contribution in [1.29, 1.82) is 0 Å². The van der Waals surface area contributed by atoms with Gasteiger partial charge in [-0.1, -0.05) is 11.6 Å². The summed E-state index contributed by atoms with van der Waals surface area (Å²) in [5, 5.41) is 0. The van der Waals surface area contributed by atoms with E-state index in [2.05, 4.69) is 4.74 Å². The van der Waals surface area contributed by atoms with E-state index in [0.29, 0.717) is 0 Å². The van der Waals surface area contributed by atoms with Gasteiger partial charge in [0, 0.05) is 6.54 Å². The van der Waals surface area contributed by atoms with E-state index in [0.717, 1.165) is 0 Å². The standard InChI is InChI=1S/C5H11ClN2O2/c1-2-10-4(9)5(6,8)3-7/h2-3,7-8H2,1H3. The van der Waals surface area contributed by atoms with Crippen molar-refractivity contribution in [2.75, 3.05) is 13.2 Å². The SMILES string of the molecule is CCOC(=O)C(N)(Cl)CN. The Labute approximate surface area is 64.5 Å². The fourth-order valence-corrected chi connectivity index (χ4v) is 0.389. The molecule has 4 nitrogen and oxygen atoms in total. The Bertz CT molecular complexity index is 127. The topological polar surface area (TPSA) is 78.3 Å². The van der Waals surface area contributed by atoms with Crippen LogP contribution in [0.15, 0.2) is 0 Å². The zero-order valence-electron chi connectivity index (χ0n) is 5.76. The highest BCUT2D eigenvalue weighted by molar-refractivity contribution is 6.33. The van der Waals surface area contributed by atoms with Gasteiger partial charge in [0.2, 0.25) is 5.00 Å². The molecule has 1 unspecified atom stereocenters. The molecule has 1 atom stereocenters. The molecule has 0 aliphatic heterocycles. The monoisotopic (exact) mass is 166 g/mol. The van der Waals surface area contributed by atoms with Crippen LogP contribution in [0.5, 0.6) is 0 Å². The normalized spacial score (nSPS) is 16.0. The van der Waals surface area contributed by atoms with Crippen LogP contribution in [0, 0.1) is 0 Å². The fourth-order valence-electron chi connectivity index (χ4n) is 0.334. The molecule has 60 valence electrons. The van der Waals surface area contributed by atoms with Gasteiger partial charge < -0.3 is 16.2 Å². The van der Waals surface area contributed by atoms with E-state index < -0.39 is 11.0 Å². The van der Waals surface area contributed by atoms with Crippen LogP contribution in [0.4, 0.5) is 0 Å². The number of hydrogen-bond donors (Lipinski definition) is 2. The van der Waals surface area contributed by atoms with Crippen LogP contribution in [-0.2, 0) is 9.53 Å². The first kappa shape index (κ1) is 9.68. The van der Waals surface area contributed by atoms with E-state index >= 15 is 0 Å². The molecule has 0 rings (SSSR count). The largest absolute Gasteiger partial charge is 0.464 e. The highest BCUT2D eigenvalue weighted by Crippen LogP contribution is 2.06. The second-order valence-electron chi connectivity index (χ2n) is 1.79. The van der Waals surface area contributed by atoms with Gasteiger partial charge in [0.25, 0.3) is 0 Å². The number of carbonyl (C=O) groups is 1. The number of alkyl halides is 1. The first-order chi connectivity index (χ1) is 4.54. The van der Waals surface area contributed by atoms with Crippen LogP contribution in [0.25, 0.3) is 0 Å². The summed E-state index contributed by atoms with van der Waals surface area (Å²) < 4.78 is 4.52. The van der Waals surface area contributed by atoms with E-state index in [-0.39, 0.29) is 13.2 Å². The average molecular weight is 167 g/mol. The molecule has 0 aliphatic rings. The Balaban J connectivity index is 3.91. The zero-order chi connectivity index (χ0) is 8.20. The maximum absolute atomic E-state index is 10.7. The number of rotatable bonds is 3. The van der Waals surface area contributed by atoms with E-state index in [1.54, 1.807) is 6.92 Å². The molecule has 0 fully saturated rings. The van der Waals surface area contributed by atoms with Crippen LogP contribution in [-0.4, -0.2) is 24.1 Å². The van der Waals surface area contributed by atoms with Gasteiger partial charge in [0.05, 0.1) is 6.61 Å². The summed E-state index contributed by atoms with van der Waals surface area (Å²) in [5.41, 5.74) is 10.3. The summed E-state index contributed by atoms with van der Waals surface area (Å²) in [6.07, 6.45) is 0. The van der Waals surface area contributed by atoms with Crippen LogP contribution < -0.4 is 11.5 Å². The summed E-state index contributed by atoms with van der Waals surface area (Å²) in [7, 11) is 0. The molecular formula is C5H11ClN2O2. The lowest BCUT2D eigenvalue weighted by Gasteiger charge is -2.16. The third-order valence-corrected chi connectivity index (χ3v) is 1.22. The Hall–Kier alpha value is -0.320. The molecule has 0 aliphatic carbocycles. The van der Waals surface area contributed by atoms with Gasteiger partial charge in [-0.3, -0.25) is 0 Å². The molecule has 0 saturated carbocycles. The minimum atomic E-state index is -1.56. The third-order valence-electron chi connectivity index (χ3n) is 0.912. The third kappa shape index (κ3) is 2.51. The highest BCUT2D eigenvalue weighted by Gasteiger charge is 2.30. The van der Waals surface area contributed by atoms with Crippen LogP contribution >= 0.6 is 11.6 Å². The lowest BCUT2D eigenvalue weighted by molar-refractivity contribution is -0.145. The van der Waals surface area contributed by atoms with Gasteiger partial charge in [-0.25, -0.2) is 4.79 Å². The summed E-state index contributed by atoms with van der Waals surface area (Å²) >= 11 is 5.43. The fraction of sp³-hybridized carbons (Fsp3) is 0.800. The van der Waals surface area contributed by atoms with Gasteiger partial charge in [-0.05, 0) is 6.92 Å². The molecular weight excluding hydrogens is 156 g/mol. The molecule has 4 N–H and O–H groups in total. The minimum Gasteiger partial charge on any atom is -0.464 e. The molecule has 0 aromatic heterocycles. The molecule has 0 saturated heterocycles. The molecule has 10 heavy (non-hydrogen) atoms.